The lowest BCUT2D eigenvalue weighted by Gasteiger charge is -2.22. The Morgan fingerprint density at radius 3 is 2.79 bits per heavy atom. The monoisotopic (exact) mass is 335 g/mol. The van der Waals surface area contributed by atoms with Gasteiger partial charge in [-0.05, 0) is 17.7 Å². The summed E-state index contributed by atoms with van der Waals surface area (Å²) < 4.78 is 1.09. The van der Waals surface area contributed by atoms with Crippen LogP contribution in [0, 0.1) is 0 Å². The van der Waals surface area contributed by atoms with Crippen LogP contribution in [0.3, 0.4) is 0 Å². The lowest BCUT2D eigenvalue weighted by atomic mass is 10.1. The second-order valence-electron chi connectivity index (χ2n) is 4.20. The number of anilines is 1. The Labute approximate surface area is 126 Å². The number of hydrogen-bond acceptors (Lipinski definition) is 3. The van der Waals surface area contributed by atoms with Crippen molar-refractivity contribution < 1.29 is 0 Å². The molecular weight excluding hydrogens is 322 g/mol. The lowest BCUT2D eigenvalue weighted by Crippen LogP contribution is -2.21. The molecule has 0 fully saturated rings. The van der Waals surface area contributed by atoms with Crippen LogP contribution in [0.15, 0.2) is 47.2 Å². The van der Waals surface area contributed by atoms with E-state index >= 15 is 0 Å². The molecule has 19 heavy (non-hydrogen) atoms. The fourth-order valence-corrected chi connectivity index (χ4v) is 2.45. The zero-order valence-electron chi connectivity index (χ0n) is 10.5. The molecule has 0 amide bonds. The highest BCUT2D eigenvalue weighted by Crippen LogP contribution is 2.23. The van der Waals surface area contributed by atoms with Crippen LogP contribution in [-0.4, -0.2) is 17.0 Å². The molecule has 2 aromatic rings. The lowest BCUT2D eigenvalue weighted by molar-refractivity contribution is 0.912. The van der Waals surface area contributed by atoms with Gasteiger partial charge in [-0.15, -0.1) is 0 Å². The quantitative estimate of drug-likeness (QED) is 0.871. The summed E-state index contributed by atoms with van der Waals surface area (Å²) in [5.74, 6) is 0. The van der Waals surface area contributed by atoms with Gasteiger partial charge >= 0.3 is 0 Å². The van der Waals surface area contributed by atoms with Crippen LogP contribution in [0.5, 0.6) is 0 Å². The highest BCUT2D eigenvalue weighted by atomic mass is 79.9. The van der Waals surface area contributed by atoms with Crippen molar-refractivity contribution in [3.8, 4) is 0 Å². The maximum absolute atomic E-state index is 5.74. The van der Waals surface area contributed by atoms with Crippen LogP contribution in [0.2, 0.25) is 0 Å². The average molecular weight is 336 g/mol. The van der Waals surface area contributed by atoms with E-state index < -0.39 is 0 Å². The third-order valence-corrected chi connectivity index (χ3v) is 3.84. The second-order valence-corrected chi connectivity index (χ2v) is 5.50. The van der Waals surface area contributed by atoms with Gasteiger partial charge in [0.2, 0.25) is 0 Å². The Morgan fingerprint density at radius 1 is 1.37 bits per heavy atom. The van der Waals surface area contributed by atoms with Crippen molar-refractivity contribution in [2.75, 3.05) is 11.9 Å². The van der Waals surface area contributed by atoms with Crippen molar-refractivity contribution >= 4 is 38.8 Å². The summed E-state index contributed by atoms with van der Waals surface area (Å²) in [4.78, 5) is 6.61. The van der Waals surface area contributed by atoms with Gasteiger partial charge in [-0.1, -0.05) is 46.3 Å². The fourth-order valence-electron chi connectivity index (χ4n) is 1.87. The van der Waals surface area contributed by atoms with Gasteiger partial charge < -0.3 is 10.6 Å². The van der Waals surface area contributed by atoms with Crippen LogP contribution in [0.4, 0.5) is 5.69 Å². The molecule has 0 radical (unpaired) electrons. The van der Waals surface area contributed by atoms with Gasteiger partial charge in [0, 0.05) is 29.8 Å². The fraction of sp³-hybridized carbons (Fsp3) is 0.143. The normalized spacial score (nSPS) is 10.2. The summed E-state index contributed by atoms with van der Waals surface area (Å²) >= 11 is 8.63. The Bertz CT molecular complexity index is 601. The molecule has 0 saturated heterocycles. The first-order valence-electron chi connectivity index (χ1n) is 5.78. The summed E-state index contributed by atoms with van der Waals surface area (Å²) in [6, 6.07) is 9.97. The molecule has 98 valence electrons. The largest absolute Gasteiger partial charge is 0.389 e. The van der Waals surface area contributed by atoms with Gasteiger partial charge in [0.15, 0.2) is 0 Å². The standard InChI is InChI=1S/C14H14BrN3S/c1-18(9-10-4-2-3-5-12(10)15)13-8-17-7-6-11(13)14(16)19/h2-8H,9H2,1H3,(H2,16,19). The van der Waals surface area contributed by atoms with E-state index in [2.05, 4.69) is 31.9 Å². The molecule has 2 rings (SSSR count). The number of nitrogens with zero attached hydrogens (tertiary/aromatic N) is 2. The highest BCUT2D eigenvalue weighted by Gasteiger charge is 2.11. The number of rotatable bonds is 4. The van der Waals surface area contributed by atoms with E-state index in [9.17, 15) is 0 Å². The van der Waals surface area contributed by atoms with E-state index in [-0.39, 0.29) is 0 Å². The third-order valence-electron chi connectivity index (χ3n) is 2.84. The van der Waals surface area contributed by atoms with Gasteiger partial charge in [-0.3, -0.25) is 4.98 Å². The number of halogens is 1. The molecule has 0 atom stereocenters. The summed E-state index contributed by atoms with van der Waals surface area (Å²) in [5, 5.41) is 0. The van der Waals surface area contributed by atoms with Crippen LogP contribution in [0.1, 0.15) is 11.1 Å². The van der Waals surface area contributed by atoms with E-state index in [1.165, 1.54) is 5.56 Å². The molecule has 2 N–H and O–H groups in total. The van der Waals surface area contributed by atoms with Gasteiger partial charge in [0.05, 0.1) is 11.9 Å². The van der Waals surface area contributed by atoms with Crippen molar-refractivity contribution in [3.63, 3.8) is 0 Å². The summed E-state index contributed by atoms with van der Waals surface area (Å²) in [6.45, 7) is 0.753. The molecule has 0 aliphatic rings. The summed E-state index contributed by atoms with van der Waals surface area (Å²) in [5.41, 5.74) is 8.72. The first-order chi connectivity index (χ1) is 9.09. The number of pyridine rings is 1. The molecular formula is C14H14BrN3S. The maximum atomic E-state index is 5.74. The Balaban J connectivity index is 2.28. The molecule has 0 aliphatic heterocycles. The van der Waals surface area contributed by atoms with E-state index in [4.69, 9.17) is 18.0 Å². The minimum absolute atomic E-state index is 0.386. The molecule has 0 spiro atoms. The van der Waals surface area contributed by atoms with Crippen molar-refractivity contribution in [2.45, 2.75) is 6.54 Å². The first-order valence-corrected chi connectivity index (χ1v) is 6.98. The van der Waals surface area contributed by atoms with Crippen LogP contribution >= 0.6 is 28.1 Å². The van der Waals surface area contributed by atoms with E-state index in [1.54, 1.807) is 12.4 Å². The van der Waals surface area contributed by atoms with Gasteiger partial charge in [-0.25, -0.2) is 0 Å². The number of nitrogens with two attached hydrogens (primary N) is 1. The molecule has 0 unspecified atom stereocenters. The molecule has 3 nitrogen and oxygen atoms in total. The average Bonchev–Trinajstić information content (AvgIpc) is 2.41. The van der Waals surface area contributed by atoms with Crippen LogP contribution in [-0.2, 0) is 6.54 Å². The minimum Gasteiger partial charge on any atom is -0.389 e. The van der Waals surface area contributed by atoms with Gasteiger partial charge in [-0.2, -0.15) is 0 Å². The molecule has 0 bridgehead atoms. The number of aromatic nitrogens is 1. The van der Waals surface area contributed by atoms with Crippen molar-refractivity contribution in [1.82, 2.24) is 4.98 Å². The minimum atomic E-state index is 0.386. The Kier molecular flexibility index (Phi) is 4.50. The molecule has 1 aromatic carbocycles. The molecule has 0 saturated carbocycles. The zero-order valence-corrected chi connectivity index (χ0v) is 12.9. The molecule has 1 heterocycles. The highest BCUT2D eigenvalue weighted by molar-refractivity contribution is 9.10. The third kappa shape index (κ3) is 3.30. The molecule has 1 aromatic heterocycles. The van der Waals surface area contributed by atoms with E-state index in [1.807, 2.05) is 31.3 Å². The van der Waals surface area contributed by atoms with Crippen LogP contribution < -0.4 is 10.6 Å². The van der Waals surface area contributed by atoms with Crippen LogP contribution in [0.25, 0.3) is 0 Å². The molecule has 5 heteroatoms. The number of thiocarbonyl (C=S) groups is 1. The number of hydrogen-bond donors (Lipinski definition) is 1. The number of benzene rings is 1. The van der Waals surface area contributed by atoms with Crippen molar-refractivity contribution in [2.24, 2.45) is 5.73 Å². The first kappa shape index (κ1) is 14.0. The predicted octanol–water partition coefficient (Wildman–Crippen LogP) is 3.11. The topological polar surface area (TPSA) is 42.2 Å². The summed E-state index contributed by atoms with van der Waals surface area (Å²) in [7, 11) is 2.00. The molecule has 0 aliphatic carbocycles. The smallest absolute Gasteiger partial charge is 0.106 e. The predicted molar refractivity (Wildman–Crippen MR) is 86.4 cm³/mol. The van der Waals surface area contributed by atoms with E-state index in [0.717, 1.165) is 22.3 Å². The SMILES string of the molecule is CN(Cc1ccccc1Br)c1cnccc1C(N)=S. The zero-order chi connectivity index (χ0) is 13.8. The second kappa shape index (κ2) is 6.12. The summed E-state index contributed by atoms with van der Waals surface area (Å²) in [6.07, 6.45) is 3.48. The Morgan fingerprint density at radius 2 is 2.11 bits per heavy atom. The van der Waals surface area contributed by atoms with Crippen molar-refractivity contribution in [1.29, 1.82) is 0 Å². The van der Waals surface area contributed by atoms with Crippen molar-refractivity contribution in [3.05, 3.63) is 58.3 Å². The Hall–Kier alpha value is -1.46. The van der Waals surface area contributed by atoms with Gasteiger partial charge in [0.25, 0.3) is 0 Å². The maximum Gasteiger partial charge on any atom is 0.106 e. The van der Waals surface area contributed by atoms with E-state index in [0.29, 0.717) is 4.99 Å². The van der Waals surface area contributed by atoms with Gasteiger partial charge in [0.1, 0.15) is 4.99 Å².